The zero-order chi connectivity index (χ0) is 23.8. The van der Waals surface area contributed by atoms with Crippen LogP contribution in [-0.4, -0.2) is 32.6 Å². The smallest absolute Gasteiger partial charge is 0.327 e. The minimum Gasteiger partial charge on any atom is -0.457 e. The Kier molecular flexibility index (Phi) is 6.52. The number of esters is 1. The number of hydrogen-bond donors (Lipinski definition) is 2. The van der Waals surface area contributed by atoms with Crippen LogP contribution in [0.3, 0.4) is 0 Å². The van der Waals surface area contributed by atoms with E-state index >= 15 is 0 Å². The highest BCUT2D eigenvalue weighted by Gasteiger charge is 2.49. The van der Waals surface area contributed by atoms with Gasteiger partial charge in [0.1, 0.15) is 5.60 Å². The first-order chi connectivity index (χ1) is 15.7. The van der Waals surface area contributed by atoms with E-state index in [1.807, 2.05) is 70.2 Å². The van der Waals surface area contributed by atoms with Crippen LogP contribution in [-0.2, 0) is 20.7 Å². The summed E-state index contributed by atoms with van der Waals surface area (Å²) in [5.74, 6) is -0.399. The van der Waals surface area contributed by atoms with Crippen LogP contribution in [0.15, 0.2) is 52.2 Å². The van der Waals surface area contributed by atoms with Crippen LogP contribution in [0.25, 0.3) is 11.0 Å². The lowest BCUT2D eigenvalue weighted by atomic mass is 9.78. The lowest BCUT2D eigenvalue weighted by Crippen LogP contribution is -2.52. The summed E-state index contributed by atoms with van der Waals surface area (Å²) in [6, 6.07) is 13.8. The Bertz CT molecular complexity index is 1210. The number of aromatic nitrogens is 2. The van der Waals surface area contributed by atoms with E-state index in [1.165, 1.54) is 11.8 Å². The fourth-order valence-electron chi connectivity index (χ4n) is 4.43. The number of carbonyl (C=O) groups excluding carboxylic acids is 2. The van der Waals surface area contributed by atoms with Gasteiger partial charge in [-0.25, -0.2) is 4.79 Å². The maximum atomic E-state index is 13.3. The molecule has 0 radical (unpaired) electrons. The minimum atomic E-state index is -0.908. The van der Waals surface area contributed by atoms with Gasteiger partial charge in [-0.3, -0.25) is 9.59 Å². The second-order valence-electron chi connectivity index (χ2n) is 9.44. The Morgan fingerprint density at radius 3 is 2.30 bits per heavy atom. The van der Waals surface area contributed by atoms with Gasteiger partial charge in [0.25, 0.3) is 0 Å². The maximum Gasteiger partial charge on any atom is 0.327 e. The molecule has 2 aromatic carbocycles. The summed E-state index contributed by atoms with van der Waals surface area (Å²) in [5, 5.41) is -0.908. The van der Waals surface area contributed by atoms with Crippen LogP contribution < -0.4 is 5.69 Å². The quantitative estimate of drug-likeness (QED) is 0.378. The number of cyclic esters (lactones) is 1. The second kappa shape index (κ2) is 9.21. The summed E-state index contributed by atoms with van der Waals surface area (Å²) in [4.78, 5) is 44.5. The number of nitrogens with one attached hydrogen (secondary N) is 2. The molecule has 0 bridgehead atoms. The van der Waals surface area contributed by atoms with Gasteiger partial charge in [-0.15, -0.1) is 11.8 Å². The van der Waals surface area contributed by atoms with Gasteiger partial charge in [0.2, 0.25) is 0 Å². The minimum absolute atomic E-state index is 0.0209. The number of ether oxygens (including phenoxy) is 1. The lowest BCUT2D eigenvalue weighted by Gasteiger charge is -2.41. The fourth-order valence-corrected chi connectivity index (χ4v) is 5.66. The third kappa shape index (κ3) is 4.78. The second-order valence-corrected chi connectivity index (χ2v) is 10.6. The predicted octanol–water partition coefficient (Wildman–Crippen LogP) is 4.98. The van der Waals surface area contributed by atoms with Crippen molar-refractivity contribution in [3.05, 3.63) is 64.1 Å². The third-order valence-corrected chi connectivity index (χ3v) is 7.83. The summed E-state index contributed by atoms with van der Waals surface area (Å²) < 4.78 is 6.06. The van der Waals surface area contributed by atoms with Gasteiger partial charge in [0.05, 0.1) is 11.0 Å². The van der Waals surface area contributed by atoms with E-state index < -0.39 is 16.8 Å². The molecule has 7 heteroatoms. The van der Waals surface area contributed by atoms with E-state index in [2.05, 4.69) is 9.97 Å². The highest BCUT2D eigenvalue weighted by atomic mass is 32.2. The molecule has 1 aromatic heterocycles. The van der Waals surface area contributed by atoms with Crippen LogP contribution in [0.4, 0.5) is 0 Å². The number of aromatic amines is 2. The van der Waals surface area contributed by atoms with Crippen molar-refractivity contribution in [1.29, 1.82) is 0 Å². The van der Waals surface area contributed by atoms with Crippen molar-refractivity contribution < 1.29 is 14.3 Å². The van der Waals surface area contributed by atoms with Gasteiger partial charge >= 0.3 is 11.7 Å². The van der Waals surface area contributed by atoms with E-state index in [1.54, 1.807) is 0 Å². The first kappa shape index (κ1) is 23.4. The van der Waals surface area contributed by atoms with Crippen molar-refractivity contribution in [2.24, 2.45) is 5.92 Å². The molecule has 2 atom stereocenters. The highest BCUT2D eigenvalue weighted by molar-refractivity contribution is 8.01. The Balaban J connectivity index is 1.58. The van der Waals surface area contributed by atoms with E-state index in [9.17, 15) is 14.4 Å². The molecule has 174 valence electrons. The van der Waals surface area contributed by atoms with E-state index in [0.717, 1.165) is 22.4 Å². The number of carbonyl (C=O) groups is 2. The normalized spacial score (nSPS) is 21.2. The first-order valence-electron chi connectivity index (χ1n) is 11.4. The number of H-pyrrole nitrogens is 2. The highest BCUT2D eigenvalue weighted by Crippen LogP contribution is 2.41. The monoisotopic (exact) mass is 466 g/mol. The summed E-state index contributed by atoms with van der Waals surface area (Å²) in [5.41, 5.74) is 2.43. The molecule has 2 heterocycles. The van der Waals surface area contributed by atoms with Gasteiger partial charge in [0, 0.05) is 11.3 Å². The van der Waals surface area contributed by atoms with Crippen LogP contribution in [0, 0.1) is 5.92 Å². The molecule has 0 amide bonds. The molecule has 1 fully saturated rings. The van der Waals surface area contributed by atoms with Gasteiger partial charge in [-0.2, -0.15) is 0 Å². The number of thioether (sulfide) groups is 1. The summed E-state index contributed by atoms with van der Waals surface area (Å²) in [6.07, 6.45) is 1.56. The average Bonchev–Trinajstić information content (AvgIpc) is 3.13. The summed E-state index contributed by atoms with van der Waals surface area (Å²) in [6.45, 7) is 8.10. The van der Waals surface area contributed by atoms with Crippen molar-refractivity contribution in [2.75, 3.05) is 0 Å². The van der Waals surface area contributed by atoms with Gasteiger partial charge in [-0.1, -0.05) is 58.0 Å². The number of ketones is 1. The fraction of sp³-hybridized carbons (Fsp3) is 0.423. The molecule has 0 spiro atoms. The van der Waals surface area contributed by atoms with Crippen LogP contribution in [0.2, 0.25) is 0 Å². The van der Waals surface area contributed by atoms with Crippen molar-refractivity contribution in [3.8, 4) is 0 Å². The molecule has 33 heavy (non-hydrogen) atoms. The molecule has 4 rings (SSSR count). The number of imidazole rings is 1. The lowest BCUT2D eigenvalue weighted by molar-refractivity contribution is -0.176. The molecule has 1 aliphatic rings. The van der Waals surface area contributed by atoms with Crippen molar-refractivity contribution in [2.45, 2.75) is 68.6 Å². The Labute approximate surface area is 197 Å². The molecule has 1 unspecified atom stereocenters. The number of Topliss-reactive ketones (excluding diaryl/α,β-unsaturated/α-hetero) is 1. The van der Waals surface area contributed by atoms with Crippen LogP contribution >= 0.6 is 11.8 Å². The molecule has 2 N–H and O–H groups in total. The Morgan fingerprint density at radius 1 is 1.03 bits per heavy atom. The number of hydrogen-bond acceptors (Lipinski definition) is 5. The van der Waals surface area contributed by atoms with Crippen LogP contribution in [0.5, 0.6) is 0 Å². The average molecular weight is 467 g/mol. The van der Waals surface area contributed by atoms with Gasteiger partial charge in [0.15, 0.2) is 11.0 Å². The molecule has 0 saturated carbocycles. The number of rotatable bonds is 7. The molecule has 1 aliphatic heterocycles. The molecule has 0 aliphatic carbocycles. The maximum absolute atomic E-state index is 13.3. The van der Waals surface area contributed by atoms with E-state index in [4.69, 9.17) is 4.74 Å². The predicted molar refractivity (Wildman–Crippen MR) is 131 cm³/mol. The van der Waals surface area contributed by atoms with E-state index in [-0.39, 0.29) is 29.7 Å². The summed E-state index contributed by atoms with van der Waals surface area (Å²) in [7, 11) is 0. The third-order valence-electron chi connectivity index (χ3n) is 6.53. The molecular weight excluding hydrogens is 436 g/mol. The van der Waals surface area contributed by atoms with Crippen LogP contribution in [0.1, 0.15) is 57.6 Å². The van der Waals surface area contributed by atoms with Gasteiger partial charge in [-0.05, 0) is 47.9 Å². The van der Waals surface area contributed by atoms with Crippen molar-refractivity contribution in [1.82, 2.24) is 9.97 Å². The summed E-state index contributed by atoms with van der Waals surface area (Å²) >= 11 is 1.23. The topological polar surface area (TPSA) is 92.0 Å². The Morgan fingerprint density at radius 2 is 1.70 bits per heavy atom. The molecule has 6 nitrogen and oxygen atoms in total. The van der Waals surface area contributed by atoms with Gasteiger partial charge < -0.3 is 14.7 Å². The molecule has 1 saturated heterocycles. The van der Waals surface area contributed by atoms with Crippen molar-refractivity contribution in [3.63, 3.8) is 0 Å². The van der Waals surface area contributed by atoms with Crippen molar-refractivity contribution >= 4 is 34.5 Å². The largest absolute Gasteiger partial charge is 0.457 e. The van der Waals surface area contributed by atoms with E-state index in [0.29, 0.717) is 17.5 Å². The molecular formula is C26H30N2O4S. The number of fused-ring (bicyclic) bond motifs is 1. The number of benzene rings is 2. The zero-order valence-corrected chi connectivity index (χ0v) is 20.3. The SMILES string of the molecule is CC(C)c1cc2[nH]c(=O)[nH]c2cc1SC1C(=O)C[C@@](CCc2ccccc2)(C(C)C)OC1=O. The Hall–Kier alpha value is -2.80. The standard InChI is InChI=1S/C26H30N2O4S/c1-15(2)18-12-19-20(28-25(31)27-19)13-22(18)33-23-21(29)14-26(16(3)4,32-24(23)30)11-10-17-8-6-5-7-9-17/h5-9,12-13,15-16,23H,10-11,14H2,1-4H3,(H2,27,28,31)/t23?,26-/m0/s1. The molecule has 3 aromatic rings. The number of aryl methyl sites for hydroxylation is 1. The zero-order valence-electron chi connectivity index (χ0n) is 19.4. The first-order valence-corrected chi connectivity index (χ1v) is 12.3.